The lowest BCUT2D eigenvalue weighted by atomic mass is 9.77. The van der Waals surface area contributed by atoms with Gasteiger partial charge in [0.1, 0.15) is 5.82 Å². The smallest absolute Gasteiger partial charge is 0.159 e. The second-order valence-electron chi connectivity index (χ2n) is 9.17. The van der Waals surface area contributed by atoms with Gasteiger partial charge in [0.15, 0.2) is 5.82 Å². The lowest BCUT2D eigenvalue weighted by Gasteiger charge is -2.28. The third-order valence-electron chi connectivity index (χ3n) is 6.82. The molecular weight excluding hydrogens is 371 g/mol. The van der Waals surface area contributed by atoms with E-state index in [-0.39, 0.29) is 5.82 Å². The molecule has 0 saturated heterocycles. The van der Waals surface area contributed by atoms with Crippen molar-refractivity contribution in [2.75, 3.05) is 0 Å². The predicted molar refractivity (Wildman–Crippen MR) is 124 cm³/mol. The van der Waals surface area contributed by atoms with Crippen molar-refractivity contribution in [2.45, 2.75) is 103 Å². The Labute approximate surface area is 182 Å². The topological polar surface area (TPSA) is 25.8 Å². The summed E-state index contributed by atoms with van der Waals surface area (Å²) in [5.74, 6) is 1.99. The standard InChI is InChI=1S/C27H39FN2/c1-3-5-7-8-9-10-21-12-14-22(15-13-21)25-19-29-27(30-20-25)24-17-16-23(11-6-4-2)26(28)18-24/h16-22H,3-15H2,1-2H3/t21-,22-. The van der Waals surface area contributed by atoms with Crippen LogP contribution in [-0.2, 0) is 6.42 Å². The average molecular weight is 411 g/mol. The normalized spacial score (nSPS) is 19.2. The van der Waals surface area contributed by atoms with Crippen LogP contribution in [0.2, 0.25) is 0 Å². The molecule has 2 aromatic rings. The summed E-state index contributed by atoms with van der Waals surface area (Å²) in [6.07, 6.45) is 20.3. The summed E-state index contributed by atoms with van der Waals surface area (Å²) in [6.45, 7) is 4.41. The van der Waals surface area contributed by atoms with Gasteiger partial charge in [-0.05, 0) is 67.6 Å². The molecule has 1 aliphatic carbocycles. The van der Waals surface area contributed by atoms with Gasteiger partial charge >= 0.3 is 0 Å². The number of hydrogen-bond donors (Lipinski definition) is 0. The summed E-state index contributed by atoms with van der Waals surface area (Å²) in [5, 5.41) is 0. The van der Waals surface area contributed by atoms with Gasteiger partial charge in [0.05, 0.1) is 0 Å². The fourth-order valence-corrected chi connectivity index (χ4v) is 4.78. The van der Waals surface area contributed by atoms with Crippen LogP contribution in [0.4, 0.5) is 4.39 Å². The summed E-state index contributed by atoms with van der Waals surface area (Å²) >= 11 is 0. The molecule has 3 rings (SSSR count). The van der Waals surface area contributed by atoms with Crippen LogP contribution in [0.15, 0.2) is 30.6 Å². The molecule has 1 heterocycles. The molecule has 0 aliphatic heterocycles. The summed E-state index contributed by atoms with van der Waals surface area (Å²) in [7, 11) is 0. The van der Waals surface area contributed by atoms with E-state index in [1.54, 1.807) is 6.07 Å². The molecule has 0 bridgehead atoms. The highest BCUT2D eigenvalue weighted by Gasteiger charge is 2.22. The number of aromatic nitrogens is 2. The van der Waals surface area contributed by atoms with E-state index in [0.717, 1.165) is 36.3 Å². The quantitative estimate of drug-likeness (QED) is 0.348. The molecule has 1 saturated carbocycles. The highest BCUT2D eigenvalue weighted by molar-refractivity contribution is 5.55. The van der Waals surface area contributed by atoms with Gasteiger partial charge in [0.2, 0.25) is 0 Å². The molecule has 1 aromatic heterocycles. The zero-order chi connectivity index (χ0) is 21.2. The van der Waals surface area contributed by atoms with Crippen molar-refractivity contribution in [1.82, 2.24) is 9.97 Å². The van der Waals surface area contributed by atoms with Gasteiger partial charge in [-0.15, -0.1) is 0 Å². The summed E-state index contributed by atoms with van der Waals surface area (Å²) in [5.41, 5.74) is 2.81. The SMILES string of the molecule is CCCCCCC[C@H]1CC[C@H](c2cnc(-c3ccc(CCCC)c(F)c3)nc2)CC1. The van der Waals surface area contributed by atoms with Crippen LogP contribution >= 0.6 is 0 Å². The second-order valence-corrected chi connectivity index (χ2v) is 9.17. The molecule has 1 fully saturated rings. The molecule has 3 heteroatoms. The molecule has 0 atom stereocenters. The number of benzene rings is 1. The van der Waals surface area contributed by atoms with E-state index in [4.69, 9.17) is 0 Å². The maximum absolute atomic E-state index is 14.4. The Kier molecular flexibility index (Phi) is 9.29. The van der Waals surface area contributed by atoms with E-state index >= 15 is 0 Å². The first-order chi connectivity index (χ1) is 14.7. The lowest BCUT2D eigenvalue weighted by Crippen LogP contribution is -2.14. The maximum Gasteiger partial charge on any atom is 0.159 e. The van der Waals surface area contributed by atoms with Crippen molar-refractivity contribution in [2.24, 2.45) is 5.92 Å². The minimum atomic E-state index is -0.137. The van der Waals surface area contributed by atoms with Gasteiger partial charge in [-0.1, -0.05) is 70.9 Å². The Bertz CT molecular complexity index is 748. The molecule has 1 aromatic carbocycles. The molecule has 1 aliphatic rings. The summed E-state index contributed by atoms with van der Waals surface area (Å²) in [4.78, 5) is 9.15. The van der Waals surface area contributed by atoms with Crippen LogP contribution in [0.5, 0.6) is 0 Å². The molecule has 30 heavy (non-hydrogen) atoms. The minimum absolute atomic E-state index is 0.137. The van der Waals surface area contributed by atoms with Crippen LogP contribution in [-0.4, -0.2) is 9.97 Å². The van der Waals surface area contributed by atoms with Crippen molar-refractivity contribution in [1.29, 1.82) is 0 Å². The number of nitrogens with zero attached hydrogens (tertiary/aromatic N) is 2. The molecule has 0 radical (unpaired) electrons. The first kappa shape index (κ1) is 22.9. The Morgan fingerprint density at radius 2 is 1.57 bits per heavy atom. The first-order valence-electron chi connectivity index (χ1n) is 12.3. The molecule has 2 nitrogen and oxygen atoms in total. The van der Waals surface area contributed by atoms with Crippen LogP contribution < -0.4 is 0 Å². The largest absolute Gasteiger partial charge is 0.236 e. The number of aryl methyl sites for hydroxylation is 1. The lowest BCUT2D eigenvalue weighted by molar-refractivity contribution is 0.301. The van der Waals surface area contributed by atoms with Crippen molar-refractivity contribution in [3.63, 3.8) is 0 Å². The fourth-order valence-electron chi connectivity index (χ4n) is 4.78. The van der Waals surface area contributed by atoms with Gasteiger partial charge in [0.25, 0.3) is 0 Å². The van der Waals surface area contributed by atoms with E-state index in [1.807, 2.05) is 24.5 Å². The van der Waals surface area contributed by atoms with E-state index in [2.05, 4.69) is 23.8 Å². The molecule has 0 amide bonds. The zero-order valence-electron chi connectivity index (χ0n) is 19.0. The minimum Gasteiger partial charge on any atom is -0.236 e. The maximum atomic E-state index is 14.4. The van der Waals surface area contributed by atoms with Crippen molar-refractivity contribution in [3.05, 3.63) is 47.5 Å². The molecule has 0 spiro atoms. The highest BCUT2D eigenvalue weighted by atomic mass is 19.1. The van der Waals surface area contributed by atoms with Crippen molar-refractivity contribution in [3.8, 4) is 11.4 Å². The van der Waals surface area contributed by atoms with Crippen LogP contribution in [0.1, 0.15) is 108 Å². The van der Waals surface area contributed by atoms with E-state index in [1.165, 1.54) is 69.8 Å². The molecule has 0 N–H and O–H groups in total. The number of halogens is 1. The van der Waals surface area contributed by atoms with Crippen LogP contribution in [0.25, 0.3) is 11.4 Å². The van der Waals surface area contributed by atoms with Gasteiger partial charge in [-0.2, -0.15) is 0 Å². The molecular formula is C27H39FN2. The van der Waals surface area contributed by atoms with E-state index in [9.17, 15) is 4.39 Å². The Morgan fingerprint density at radius 1 is 0.867 bits per heavy atom. The third-order valence-corrected chi connectivity index (χ3v) is 6.82. The molecule has 0 unspecified atom stereocenters. The van der Waals surface area contributed by atoms with Gasteiger partial charge in [0, 0.05) is 18.0 Å². The fraction of sp³-hybridized carbons (Fsp3) is 0.630. The Balaban J connectivity index is 1.50. The van der Waals surface area contributed by atoms with E-state index < -0.39 is 0 Å². The van der Waals surface area contributed by atoms with Gasteiger partial charge in [-0.25, -0.2) is 14.4 Å². The summed E-state index contributed by atoms with van der Waals surface area (Å²) in [6, 6.07) is 5.43. The number of hydrogen-bond acceptors (Lipinski definition) is 2. The summed E-state index contributed by atoms with van der Waals surface area (Å²) < 4.78 is 14.4. The third kappa shape index (κ3) is 6.62. The van der Waals surface area contributed by atoms with Crippen molar-refractivity contribution < 1.29 is 4.39 Å². The molecule has 164 valence electrons. The zero-order valence-corrected chi connectivity index (χ0v) is 19.0. The Morgan fingerprint density at radius 3 is 2.23 bits per heavy atom. The average Bonchev–Trinajstić information content (AvgIpc) is 2.79. The predicted octanol–water partition coefficient (Wildman–Crippen LogP) is 8.26. The first-order valence-corrected chi connectivity index (χ1v) is 12.3. The van der Waals surface area contributed by atoms with Crippen molar-refractivity contribution >= 4 is 0 Å². The van der Waals surface area contributed by atoms with Gasteiger partial charge < -0.3 is 0 Å². The van der Waals surface area contributed by atoms with Crippen LogP contribution in [0.3, 0.4) is 0 Å². The van der Waals surface area contributed by atoms with E-state index in [0.29, 0.717) is 11.7 Å². The number of rotatable bonds is 11. The Hall–Kier alpha value is -1.77. The second kappa shape index (κ2) is 12.2. The monoisotopic (exact) mass is 410 g/mol. The highest BCUT2D eigenvalue weighted by Crippen LogP contribution is 2.37. The van der Waals surface area contributed by atoms with Gasteiger partial charge in [-0.3, -0.25) is 0 Å². The number of unbranched alkanes of at least 4 members (excludes halogenated alkanes) is 5. The van der Waals surface area contributed by atoms with Crippen LogP contribution in [0, 0.1) is 11.7 Å².